The Morgan fingerprint density at radius 1 is 1.52 bits per heavy atom. The predicted molar refractivity (Wildman–Crippen MR) is 79.4 cm³/mol. The molecular formula is C16H23FN2O2. The molecule has 1 aromatic carbocycles. The molecule has 5 heteroatoms. The molecule has 1 saturated carbocycles. The molecule has 1 aromatic rings. The number of halogens is 1. The highest BCUT2D eigenvalue weighted by Gasteiger charge is 2.32. The molecule has 116 valence electrons. The first-order valence-corrected chi connectivity index (χ1v) is 7.49. The van der Waals surface area contributed by atoms with E-state index in [0.29, 0.717) is 24.8 Å². The lowest BCUT2D eigenvalue weighted by Gasteiger charge is -2.21. The van der Waals surface area contributed by atoms with Gasteiger partial charge in [0.2, 0.25) is 5.91 Å². The van der Waals surface area contributed by atoms with Crippen molar-refractivity contribution in [1.82, 2.24) is 5.32 Å². The Kier molecular flexibility index (Phi) is 5.56. The summed E-state index contributed by atoms with van der Waals surface area (Å²) in [6.45, 7) is 2.76. The fourth-order valence-electron chi connectivity index (χ4n) is 2.83. The maximum absolute atomic E-state index is 13.0. The average molecular weight is 294 g/mol. The van der Waals surface area contributed by atoms with Crippen LogP contribution >= 0.6 is 0 Å². The summed E-state index contributed by atoms with van der Waals surface area (Å²) in [6.07, 6.45) is 3.00. The molecule has 1 aliphatic carbocycles. The van der Waals surface area contributed by atoms with Gasteiger partial charge < -0.3 is 15.8 Å². The summed E-state index contributed by atoms with van der Waals surface area (Å²) in [5, 5.41) is 2.96. The van der Waals surface area contributed by atoms with Gasteiger partial charge in [0.15, 0.2) is 0 Å². The molecule has 0 saturated heterocycles. The summed E-state index contributed by atoms with van der Waals surface area (Å²) < 4.78 is 18.5. The van der Waals surface area contributed by atoms with Crippen LogP contribution in [0.1, 0.15) is 26.2 Å². The number of hydrogen-bond donors (Lipinski definition) is 2. The van der Waals surface area contributed by atoms with Crippen molar-refractivity contribution in [3.63, 3.8) is 0 Å². The maximum atomic E-state index is 13.0. The van der Waals surface area contributed by atoms with Gasteiger partial charge in [0, 0.05) is 12.0 Å². The van der Waals surface area contributed by atoms with E-state index in [1.54, 1.807) is 12.1 Å². The van der Waals surface area contributed by atoms with Gasteiger partial charge in [-0.15, -0.1) is 0 Å². The minimum Gasteiger partial charge on any atom is -0.491 e. The SMILES string of the molecule is CC(COc1cccc(F)c1)NC(=O)[C@@H]1CCC[C@@H]1CN. The third-order valence-corrected chi connectivity index (χ3v) is 3.98. The molecule has 21 heavy (non-hydrogen) atoms. The minimum atomic E-state index is -0.332. The summed E-state index contributed by atoms with van der Waals surface area (Å²) in [5.74, 6) is 0.504. The lowest BCUT2D eigenvalue weighted by molar-refractivity contribution is -0.126. The van der Waals surface area contributed by atoms with Crippen LogP contribution in [0.2, 0.25) is 0 Å². The van der Waals surface area contributed by atoms with Crippen molar-refractivity contribution >= 4 is 5.91 Å². The predicted octanol–water partition coefficient (Wildman–Crippen LogP) is 2.08. The van der Waals surface area contributed by atoms with Crippen molar-refractivity contribution in [3.05, 3.63) is 30.1 Å². The highest BCUT2D eigenvalue weighted by Crippen LogP contribution is 2.31. The van der Waals surface area contributed by atoms with Crippen LogP contribution in [0, 0.1) is 17.7 Å². The largest absolute Gasteiger partial charge is 0.491 e. The number of hydrogen-bond acceptors (Lipinski definition) is 3. The third-order valence-electron chi connectivity index (χ3n) is 3.98. The zero-order valence-electron chi connectivity index (χ0n) is 12.3. The molecule has 1 fully saturated rings. The van der Waals surface area contributed by atoms with E-state index in [1.165, 1.54) is 12.1 Å². The highest BCUT2D eigenvalue weighted by atomic mass is 19.1. The second-order valence-corrected chi connectivity index (χ2v) is 5.71. The Labute approximate surface area is 124 Å². The lowest BCUT2D eigenvalue weighted by atomic mass is 9.95. The van der Waals surface area contributed by atoms with Crippen LogP contribution in [0.5, 0.6) is 5.75 Å². The summed E-state index contributed by atoms with van der Waals surface area (Å²) in [7, 11) is 0. The number of carbonyl (C=O) groups is 1. The third kappa shape index (κ3) is 4.43. The number of carbonyl (C=O) groups excluding carboxylic acids is 1. The molecule has 3 atom stereocenters. The number of amides is 1. The Morgan fingerprint density at radius 3 is 3.05 bits per heavy atom. The van der Waals surface area contributed by atoms with Crippen LogP contribution < -0.4 is 15.8 Å². The molecule has 3 N–H and O–H groups in total. The molecule has 0 spiro atoms. The lowest BCUT2D eigenvalue weighted by Crippen LogP contribution is -2.42. The summed E-state index contributed by atoms with van der Waals surface area (Å²) >= 11 is 0. The van der Waals surface area contributed by atoms with E-state index >= 15 is 0 Å². The maximum Gasteiger partial charge on any atom is 0.223 e. The van der Waals surface area contributed by atoms with E-state index < -0.39 is 0 Å². The monoisotopic (exact) mass is 294 g/mol. The van der Waals surface area contributed by atoms with E-state index in [-0.39, 0.29) is 23.7 Å². The van der Waals surface area contributed by atoms with E-state index in [0.717, 1.165) is 19.3 Å². The van der Waals surface area contributed by atoms with E-state index in [4.69, 9.17) is 10.5 Å². The summed E-state index contributed by atoms with van der Waals surface area (Å²) in [6, 6.07) is 5.86. The van der Waals surface area contributed by atoms with Gasteiger partial charge in [-0.2, -0.15) is 0 Å². The van der Waals surface area contributed by atoms with Crippen molar-refractivity contribution < 1.29 is 13.9 Å². The molecule has 1 aliphatic rings. The van der Waals surface area contributed by atoms with Crippen molar-refractivity contribution in [2.45, 2.75) is 32.2 Å². The smallest absolute Gasteiger partial charge is 0.223 e. The van der Waals surface area contributed by atoms with Crippen molar-refractivity contribution in [2.24, 2.45) is 17.6 Å². The average Bonchev–Trinajstić information content (AvgIpc) is 2.94. The first-order chi connectivity index (χ1) is 10.1. The van der Waals surface area contributed by atoms with Gasteiger partial charge >= 0.3 is 0 Å². The zero-order chi connectivity index (χ0) is 15.2. The van der Waals surface area contributed by atoms with Crippen molar-refractivity contribution in [2.75, 3.05) is 13.2 Å². The normalized spacial score (nSPS) is 22.8. The van der Waals surface area contributed by atoms with Crippen LogP contribution in [0.4, 0.5) is 4.39 Å². The van der Waals surface area contributed by atoms with Gasteiger partial charge in [-0.1, -0.05) is 12.5 Å². The number of nitrogens with two attached hydrogens (primary N) is 1. The fraction of sp³-hybridized carbons (Fsp3) is 0.562. The molecule has 0 aromatic heterocycles. The molecule has 2 rings (SSSR count). The van der Waals surface area contributed by atoms with Crippen molar-refractivity contribution in [1.29, 1.82) is 0 Å². The highest BCUT2D eigenvalue weighted by molar-refractivity contribution is 5.79. The summed E-state index contributed by atoms with van der Waals surface area (Å²) in [4.78, 5) is 12.2. The van der Waals surface area contributed by atoms with Gasteiger partial charge in [0.05, 0.1) is 6.04 Å². The zero-order valence-corrected chi connectivity index (χ0v) is 12.3. The van der Waals surface area contributed by atoms with Gasteiger partial charge in [0.25, 0.3) is 0 Å². The fourth-order valence-corrected chi connectivity index (χ4v) is 2.83. The topological polar surface area (TPSA) is 64.3 Å². The van der Waals surface area contributed by atoms with Crippen LogP contribution in [0.25, 0.3) is 0 Å². The molecule has 4 nitrogen and oxygen atoms in total. The van der Waals surface area contributed by atoms with Crippen LogP contribution in [0.3, 0.4) is 0 Å². The minimum absolute atomic E-state index is 0.0200. The second-order valence-electron chi connectivity index (χ2n) is 5.71. The Bertz CT molecular complexity index is 481. The van der Waals surface area contributed by atoms with Crippen LogP contribution in [-0.4, -0.2) is 25.1 Å². The van der Waals surface area contributed by atoms with Gasteiger partial charge in [-0.3, -0.25) is 4.79 Å². The Morgan fingerprint density at radius 2 is 2.33 bits per heavy atom. The Hall–Kier alpha value is -1.62. The van der Waals surface area contributed by atoms with E-state index in [9.17, 15) is 9.18 Å². The van der Waals surface area contributed by atoms with Crippen LogP contribution in [-0.2, 0) is 4.79 Å². The standard InChI is InChI=1S/C16H23FN2O2/c1-11(10-21-14-6-3-5-13(17)8-14)19-16(20)15-7-2-4-12(15)9-18/h3,5-6,8,11-12,15H,2,4,7,9-10,18H2,1H3,(H,19,20)/t11?,12-,15-/m1/s1. The number of nitrogens with one attached hydrogen (secondary N) is 1. The van der Waals surface area contributed by atoms with Gasteiger partial charge in [0.1, 0.15) is 18.2 Å². The van der Waals surface area contributed by atoms with Gasteiger partial charge in [-0.25, -0.2) is 4.39 Å². The number of benzene rings is 1. The molecule has 1 amide bonds. The first kappa shape index (κ1) is 15.8. The molecule has 0 bridgehead atoms. The number of ether oxygens (including phenoxy) is 1. The molecule has 0 radical (unpaired) electrons. The van der Waals surface area contributed by atoms with E-state index in [1.807, 2.05) is 6.92 Å². The Balaban J connectivity index is 1.79. The summed E-state index contributed by atoms with van der Waals surface area (Å²) in [5.41, 5.74) is 5.70. The number of rotatable bonds is 6. The molecule has 0 aliphatic heterocycles. The van der Waals surface area contributed by atoms with Gasteiger partial charge in [-0.05, 0) is 44.4 Å². The second kappa shape index (κ2) is 7.41. The first-order valence-electron chi connectivity index (χ1n) is 7.49. The molecule has 0 heterocycles. The van der Waals surface area contributed by atoms with E-state index in [2.05, 4.69) is 5.32 Å². The van der Waals surface area contributed by atoms with Crippen molar-refractivity contribution in [3.8, 4) is 5.75 Å². The van der Waals surface area contributed by atoms with Crippen LogP contribution in [0.15, 0.2) is 24.3 Å². The quantitative estimate of drug-likeness (QED) is 0.844. The molecular weight excluding hydrogens is 271 g/mol. The molecule has 1 unspecified atom stereocenters.